The van der Waals surface area contributed by atoms with Gasteiger partial charge in [-0.1, -0.05) is 36.1 Å². The van der Waals surface area contributed by atoms with Crippen molar-refractivity contribution in [3.05, 3.63) is 86.1 Å². The van der Waals surface area contributed by atoms with Crippen LogP contribution in [0.1, 0.15) is 35.4 Å². The first-order valence-electron chi connectivity index (χ1n) is 12.4. The Balaban J connectivity index is 1.42. The van der Waals surface area contributed by atoms with E-state index in [0.717, 1.165) is 59.9 Å². The van der Waals surface area contributed by atoms with Crippen molar-refractivity contribution in [2.45, 2.75) is 33.2 Å². The molecule has 38 heavy (non-hydrogen) atoms. The number of aryl methyl sites for hydroxylation is 1. The van der Waals surface area contributed by atoms with E-state index in [1.54, 1.807) is 18.1 Å². The SMILES string of the molecule is COc1ccc(CN2C(=O)/C(=C/c3cc(C)n(-c4ccc(N5CCCC5)c([N+](=O)[O-])c4)c3C)SC2=S)cc1. The summed E-state index contributed by atoms with van der Waals surface area (Å²) in [6.45, 7) is 5.97. The van der Waals surface area contributed by atoms with Gasteiger partial charge in [-0.15, -0.1) is 0 Å². The molecular weight excluding hydrogens is 520 g/mol. The molecule has 2 fully saturated rings. The van der Waals surface area contributed by atoms with Crippen LogP contribution >= 0.6 is 24.0 Å². The molecule has 0 atom stereocenters. The van der Waals surface area contributed by atoms with Gasteiger partial charge >= 0.3 is 0 Å². The highest BCUT2D eigenvalue weighted by molar-refractivity contribution is 8.26. The molecule has 196 valence electrons. The van der Waals surface area contributed by atoms with Crippen molar-refractivity contribution in [2.24, 2.45) is 0 Å². The Bertz CT molecular complexity index is 1460. The second kappa shape index (κ2) is 10.6. The van der Waals surface area contributed by atoms with E-state index in [1.165, 1.54) is 11.8 Å². The van der Waals surface area contributed by atoms with Crippen molar-refractivity contribution >= 4 is 51.7 Å². The van der Waals surface area contributed by atoms with E-state index in [1.807, 2.05) is 67.0 Å². The number of nitrogens with zero attached hydrogens (tertiary/aromatic N) is 4. The van der Waals surface area contributed by atoms with Crippen LogP contribution in [0.25, 0.3) is 11.8 Å². The number of aromatic nitrogens is 1. The molecule has 10 heteroatoms. The lowest BCUT2D eigenvalue weighted by atomic mass is 10.2. The fraction of sp³-hybridized carbons (Fsp3) is 0.286. The Morgan fingerprint density at radius 1 is 1.11 bits per heavy atom. The third-order valence-corrected chi connectivity index (χ3v) is 8.37. The number of nitro benzene ring substituents is 1. The molecule has 3 heterocycles. The largest absolute Gasteiger partial charge is 0.497 e. The molecule has 5 rings (SSSR count). The summed E-state index contributed by atoms with van der Waals surface area (Å²) in [6, 6.07) is 15.0. The third-order valence-electron chi connectivity index (χ3n) is 6.99. The number of carbonyl (C=O) groups excluding carboxylic acids is 1. The molecule has 2 aliphatic heterocycles. The van der Waals surface area contributed by atoms with E-state index in [2.05, 4.69) is 4.90 Å². The maximum atomic E-state index is 13.2. The molecule has 2 saturated heterocycles. The molecular formula is C28H28N4O4S2. The van der Waals surface area contributed by atoms with E-state index in [-0.39, 0.29) is 16.5 Å². The first-order valence-corrected chi connectivity index (χ1v) is 13.6. The molecule has 3 aromatic rings. The van der Waals surface area contributed by atoms with Gasteiger partial charge in [-0.25, -0.2) is 0 Å². The first-order chi connectivity index (χ1) is 18.3. The molecule has 1 aromatic heterocycles. The number of carbonyl (C=O) groups is 1. The predicted octanol–water partition coefficient (Wildman–Crippen LogP) is 6.01. The molecule has 0 N–H and O–H groups in total. The number of ether oxygens (including phenoxy) is 1. The highest BCUT2D eigenvalue weighted by atomic mass is 32.2. The van der Waals surface area contributed by atoms with Crippen LogP contribution in [0.15, 0.2) is 53.4 Å². The van der Waals surface area contributed by atoms with Crippen LogP contribution < -0.4 is 9.64 Å². The maximum absolute atomic E-state index is 13.2. The Labute approximate surface area is 231 Å². The third kappa shape index (κ3) is 4.93. The summed E-state index contributed by atoms with van der Waals surface area (Å²) >= 11 is 6.81. The van der Waals surface area contributed by atoms with Gasteiger partial charge in [-0.3, -0.25) is 19.8 Å². The van der Waals surface area contributed by atoms with E-state index in [9.17, 15) is 14.9 Å². The minimum atomic E-state index is -0.305. The van der Waals surface area contributed by atoms with Gasteiger partial charge in [-0.05, 0) is 74.2 Å². The van der Waals surface area contributed by atoms with Crippen LogP contribution in [-0.2, 0) is 11.3 Å². The quantitative estimate of drug-likeness (QED) is 0.155. The molecule has 0 unspecified atom stereocenters. The molecule has 2 aromatic carbocycles. The van der Waals surface area contributed by atoms with Crippen molar-refractivity contribution in [3.8, 4) is 11.4 Å². The normalized spacial score (nSPS) is 16.7. The number of anilines is 1. The van der Waals surface area contributed by atoms with Gasteiger partial charge in [0, 0.05) is 30.5 Å². The van der Waals surface area contributed by atoms with Crippen molar-refractivity contribution in [3.63, 3.8) is 0 Å². The Morgan fingerprint density at radius 2 is 1.82 bits per heavy atom. The van der Waals surface area contributed by atoms with Gasteiger partial charge in [0.15, 0.2) is 0 Å². The van der Waals surface area contributed by atoms with Gasteiger partial charge in [0.2, 0.25) is 0 Å². The van der Waals surface area contributed by atoms with Crippen LogP contribution in [0, 0.1) is 24.0 Å². The summed E-state index contributed by atoms with van der Waals surface area (Å²) in [5.41, 5.74) is 5.15. The van der Waals surface area contributed by atoms with Crippen molar-refractivity contribution in [1.29, 1.82) is 0 Å². The van der Waals surface area contributed by atoms with E-state index in [0.29, 0.717) is 21.5 Å². The number of benzene rings is 2. The fourth-order valence-electron chi connectivity index (χ4n) is 5.04. The average Bonchev–Trinajstić information content (AvgIpc) is 3.60. The molecule has 0 bridgehead atoms. The van der Waals surface area contributed by atoms with Gasteiger partial charge in [0.1, 0.15) is 15.8 Å². The van der Waals surface area contributed by atoms with Crippen molar-refractivity contribution in [1.82, 2.24) is 9.47 Å². The summed E-state index contributed by atoms with van der Waals surface area (Å²) < 4.78 is 7.71. The monoisotopic (exact) mass is 548 g/mol. The maximum Gasteiger partial charge on any atom is 0.294 e. The zero-order valence-corrected chi connectivity index (χ0v) is 23.1. The smallest absolute Gasteiger partial charge is 0.294 e. The lowest BCUT2D eigenvalue weighted by Gasteiger charge is -2.19. The molecule has 0 radical (unpaired) electrons. The highest BCUT2D eigenvalue weighted by Gasteiger charge is 2.32. The van der Waals surface area contributed by atoms with Gasteiger partial charge in [0.05, 0.1) is 29.2 Å². The molecule has 0 spiro atoms. The number of thioether (sulfide) groups is 1. The standard InChI is InChI=1S/C28H28N4O4S2/c1-18-14-21(15-26-27(33)30(28(37)38-26)17-20-6-9-23(36-3)10-7-20)19(2)31(18)22-8-11-24(25(16-22)32(34)35)29-12-4-5-13-29/h6-11,14-16H,4-5,12-13,17H2,1-3H3/b26-15-. The molecule has 2 aliphatic rings. The summed E-state index contributed by atoms with van der Waals surface area (Å²) in [6.07, 6.45) is 3.95. The minimum absolute atomic E-state index is 0.109. The predicted molar refractivity (Wildman–Crippen MR) is 155 cm³/mol. The van der Waals surface area contributed by atoms with Crippen LogP contribution in [0.5, 0.6) is 5.75 Å². The summed E-state index contributed by atoms with van der Waals surface area (Å²) in [4.78, 5) is 29.1. The summed E-state index contributed by atoms with van der Waals surface area (Å²) in [7, 11) is 1.61. The van der Waals surface area contributed by atoms with Crippen molar-refractivity contribution < 1.29 is 14.5 Å². The number of hydrogen-bond donors (Lipinski definition) is 0. The molecule has 0 saturated carbocycles. The number of rotatable bonds is 7. The van der Waals surface area contributed by atoms with Gasteiger partial charge in [-0.2, -0.15) is 0 Å². The zero-order chi connectivity index (χ0) is 27.0. The van der Waals surface area contributed by atoms with Crippen LogP contribution in [0.3, 0.4) is 0 Å². The van der Waals surface area contributed by atoms with Crippen LogP contribution in [0.2, 0.25) is 0 Å². The fourth-order valence-corrected chi connectivity index (χ4v) is 6.29. The van der Waals surface area contributed by atoms with Crippen molar-refractivity contribution in [2.75, 3.05) is 25.1 Å². The number of methoxy groups -OCH3 is 1. The topological polar surface area (TPSA) is 80.8 Å². The Hall–Kier alpha value is -3.63. The van der Waals surface area contributed by atoms with Crippen LogP contribution in [0.4, 0.5) is 11.4 Å². The Morgan fingerprint density at radius 3 is 2.47 bits per heavy atom. The van der Waals surface area contributed by atoms with Gasteiger partial charge in [0.25, 0.3) is 11.6 Å². The van der Waals surface area contributed by atoms with E-state index < -0.39 is 0 Å². The lowest BCUT2D eigenvalue weighted by molar-refractivity contribution is -0.384. The second-order valence-corrected chi connectivity index (χ2v) is 11.1. The molecule has 0 aliphatic carbocycles. The number of thiocarbonyl (C=S) groups is 1. The number of amides is 1. The first kappa shape index (κ1) is 26.0. The van der Waals surface area contributed by atoms with E-state index in [4.69, 9.17) is 17.0 Å². The second-order valence-electron chi connectivity index (χ2n) is 9.40. The van der Waals surface area contributed by atoms with E-state index >= 15 is 0 Å². The minimum Gasteiger partial charge on any atom is -0.497 e. The molecule has 1 amide bonds. The number of nitro groups is 1. The zero-order valence-electron chi connectivity index (χ0n) is 21.5. The Kier molecular flexibility index (Phi) is 7.27. The molecule has 8 nitrogen and oxygen atoms in total. The lowest BCUT2D eigenvalue weighted by Crippen LogP contribution is -2.27. The summed E-state index contributed by atoms with van der Waals surface area (Å²) in [5, 5.41) is 11.9. The van der Waals surface area contributed by atoms with Crippen LogP contribution in [-0.4, -0.2) is 44.8 Å². The van der Waals surface area contributed by atoms with Gasteiger partial charge < -0.3 is 14.2 Å². The highest BCUT2D eigenvalue weighted by Crippen LogP contribution is 2.37. The average molecular weight is 549 g/mol. The summed E-state index contributed by atoms with van der Waals surface area (Å²) in [5.74, 6) is 0.622. The number of hydrogen-bond acceptors (Lipinski definition) is 7.